The van der Waals surface area contributed by atoms with Gasteiger partial charge in [0.05, 0.1) is 11.9 Å². The highest BCUT2D eigenvalue weighted by molar-refractivity contribution is 7.92. The van der Waals surface area contributed by atoms with Crippen LogP contribution < -0.4 is 19.3 Å². The second-order valence-corrected chi connectivity index (χ2v) is 10.0. The molecule has 1 saturated heterocycles. The average Bonchev–Trinajstić information content (AvgIpc) is 2.98. The fraction of sp³-hybridized carbons (Fsp3) is 0.435. The van der Waals surface area contributed by atoms with E-state index in [1.165, 1.54) is 29.3 Å². The minimum absolute atomic E-state index is 0.193. The number of para-hydroxylation sites is 2. The first-order chi connectivity index (χ1) is 14.9. The Morgan fingerprint density at radius 3 is 2.45 bits per heavy atom. The van der Waals surface area contributed by atoms with Gasteiger partial charge < -0.3 is 15.0 Å². The van der Waals surface area contributed by atoms with Gasteiger partial charge in [-0.3, -0.25) is 9.10 Å². The molecule has 1 fully saturated rings. The minimum atomic E-state index is -3.46. The van der Waals surface area contributed by atoms with Crippen LogP contribution >= 0.6 is 0 Å². The van der Waals surface area contributed by atoms with Crippen molar-refractivity contribution in [3.63, 3.8) is 0 Å². The molecule has 2 aromatic rings. The maximum Gasteiger partial charge on any atom is 0.261 e. The molecule has 1 atom stereocenters. The lowest BCUT2D eigenvalue weighted by atomic mass is 10.1. The fourth-order valence-corrected chi connectivity index (χ4v) is 5.08. The van der Waals surface area contributed by atoms with Crippen LogP contribution in [0.1, 0.15) is 31.2 Å². The molecule has 0 radical (unpaired) electrons. The third-order valence-corrected chi connectivity index (χ3v) is 6.99. The van der Waals surface area contributed by atoms with Gasteiger partial charge in [-0.1, -0.05) is 24.3 Å². The largest absolute Gasteiger partial charge is 0.478 e. The lowest BCUT2D eigenvalue weighted by Crippen LogP contribution is -2.39. The van der Waals surface area contributed by atoms with Crippen molar-refractivity contribution in [1.29, 1.82) is 0 Å². The van der Waals surface area contributed by atoms with Crippen LogP contribution in [-0.4, -0.2) is 46.3 Å². The smallest absolute Gasteiger partial charge is 0.261 e. The fourth-order valence-electron chi connectivity index (χ4n) is 4.14. The van der Waals surface area contributed by atoms with Crippen LogP contribution in [0.5, 0.6) is 5.75 Å². The summed E-state index contributed by atoms with van der Waals surface area (Å²) in [7, 11) is -3.46. The van der Waals surface area contributed by atoms with Crippen molar-refractivity contribution in [2.75, 3.05) is 35.1 Å². The topological polar surface area (TPSA) is 79.0 Å². The first-order valence-corrected chi connectivity index (χ1v) is 12.6. The van der Waals surface area contributed by atoms with Gasteiger partial charge in [0, 0.05) is 38.3 Å². The van der Waals surface area contributed by atoms with E-state index in [0.717, 1.165) is 24.9 Å². The first-order valence-electron chi connectivity index (χ1n) is 10.8. The molecule has 0 aromatic heterocycles. The number of hydrogen-bond acceptors (Lipinski definition) is 5. The molecule has 0 unspecified atom stereocenters. The number of piperidine rings is 1. The predicted octanol–water partition coefficient (Wildman–Crippen LogP) is 2.91. The van der Waals surface area contributed by atoms with E-state index in [1.807, 2.05) is 12.1 Å². The number of ether oxygens (including phenoxy) is 1. The zero-order valence-electron chi connectivity index (χ0n) is 17.8. The van der Waals surface area contributed by atoms with E-state index in [0.29, 0.717) is 18.0 Å². The highest BCUT2D eigenvalue weighted by Crippen LogP contribution is 2.33. The van der Waals surface area contributed by atoms with Crippen molar-refractivity contribution in [1.82, 2.24) is 5.32 Å². The Morgan fingerprint density at radius 1 is 1.03 bits per heavy atom. The number of benzene rings is 2. The quantitative estimate of drug-likeness (QED) is 0.769. The highest BCUT2D eigenvalue weighted by Gasteiger charge is 2.30. The number of sulfonamides is 1. The van der Waals surface area contributed by atoms with Gasteiger partial charge in [-0.05, 0) is 49.1 Å². The molecule has 8 heteroatoms. The van der Waals surface area contributed by atoms with Crippen molar-refractivity contribution in [3.05, 3.63) is 54.1 Å². The second kappa shape index (κ2) is 9.18. The first kappa shape index (κ1) is 21.5. The molecule has 7 nitrogen and oxygen atoms in total. The number of nitrogens with one attached hydrogen (secondary N) is 1. The van der Waals surface area contributed by atoms with Crippen molar-refractivity contribution < 1.29 is 17.9 Å². The molecular formula is C23H29N3O4S. The summed E-state index contributed by atoms with van der Waals surface area (Å²) >= 11 is 0. The second-order valence-electron chi connectivity index (χ2n) is 8.13. The lowest BCUT2D eigenvalue weighted by Gasteiger charge is -2.28. The molecule has 2 aliphatic rings. The molecule has 0 saturated carbocycles. The molecule has 166 valence electrons. The monoisotopic (exact) mass is 443 g/mol. The number of carbonyl (C=O) groups excluding carboxylic acids is 1. The Balaban J connectivity index is 1.39. The molecular weight excluding hydrogens is 414 g/mol. The number of anilines is 2. The van der Waals surface area contributed by atoms with Crippen LogP contribution in [0.15, 0.2) is 48.5 Å². The average molecular weight is 444 g/mol. The Labute approximate surface area is 184 Å². The van der Waals surface area contributed by atoms with Gasteiger partial charge in [-0.25, -0.2) is 8.42 Å². The maximum atomic E-state index is 12.8. The van der Waals surface area contributed by atoms with Gasteiger partial charge in [0.2, 0.25) is 10.0 Å². The van der Waals surface area contributed by atoms with Crippen molar-refractivity contribution in [3.8, 4) is 5.75 Å². The molecule has 1 N–H and O–H groups in total. The van der Waals surface area contributed by atoms with Gasteiger partial charge in [0.1, 0.15) is 5.75 Å². The number of nitrogens with zero attached hydrogens (tertiary/aromatic N) is 2. The molecule has 0 spiro atoms. The number of fused-ring (bicyclic) bond motifs is 1. The Hall–Kier alpha value is -2.74. The number of amides is 1. The summed E-state index contributed by atoms with van der Waals surface area (Å²) in [5.41, 5.74) is 2.70. The van der Waals surface area contributed by atoms with E-state index >= 15 is 0 Å². The molecule has 31 heavy (non-hydrogen) atoms. The van der Waals surface area contributed by atoms with Crippen LogP contribution in [0.25, 0.3) is 0 Å². The summed E-state index contributed by atoms with van der Waals surface area (Å²) in [5, 5.41) is 2.93. The molecule has 0 aliphatic carbocycles. The van der Waals surface area contributed by atoms with Crippen LogP contribution in [0.4, 0.5) is 11.4 Å². The molecule has 1 amide bonds. The Kier molecular flexibility index (Phi) is 6.36. The summed E-state index contributed by atoms with van der Waals surface area (Å²) in [5.74, 6) is 0.154. The van der Waals surface area contributed by atoms with E-state index in [2.05, 4.69) is 22.3 Å². The van der Waals surface area contributed by atoms with Crippen LogP contribution in [-0.2, 0) is 21.4 Å². The third kappa shape index (κ3) is 5.12. The van der Waals surface area contributed by atoms with Crippen molar-refractivity contribution in [2.24, 2.45) is 0 Å². The molecule has 2 aliphatic heterocycles. The predicted molar refractivity (Wildman–Crippen MR) is 122 cm³/mol. The molecule has 4 rings (SSSR count). The normalized spacial score (nSPS) is 19.2. The zero-order valence-corrected chi connectivity index (χ0v) is 18.6. The SMILES string of the molecule is CS(=O)(=O)N1CC[C@@H](C(=O)NCc2ccc(N3CCCCC3)cc2)Oc2ccccc21. The van der Waals surface area contributed by atoms with E-state index in [4.69, 9.17) is 4.74 Å². The maximum absolute atomic E-state index is 12.8. The lowest BCUT2D eigenvalue weighted by molar-refractivity contribution is -0.128. The van der Waals surface area contributed by atoms with Gasteiger partial charge in [-0.15, -0.1) is 0 Å². The molecule has 0 bridgehead atoms. The van der Waals surface area contributed by atoms with Gasteiger partial charge in [-0.2, -0.15) is 0 Å². The zero-order chi connectivity index (χ0) is 21.8. The highest BCUT2D eigenvalue weighted by atomic mass is 32.2. The van der Waals surface area contributed by atoms with E-state index < -0.39 is 16.1 Å². The summed E-state index contributed by atoms with van der Waals surface area (Å²) in [6.45, 7) is 2.79. The van der Waals surface area contributed by atoms with Crippen LogP contribution in [0.2, 0.25) is 0 Å². The van der Waals surface area contributed by atoms with Gasteiger partial charge in [0.15, 0.2) is 6.10 Å². The summed E-state index contributed by atoms with van der Waals surface area (Å²) < 4.78 is 31.6. The summed E-state index contributed by atoms with van der Waals surface area (Å²) in [6, 6.07) is 15.2. The number of hydrogen-bond donors (Lipinski definition) is 1. The van der Waals surface area contributed by atoms with Crippen molar-refractivity contribution in [2.45, 2.75) is 38.3 Å². The number of rotatable bonds is 5. The summed E-state index contributed by atoms with van der Waals surface area (Å²) in [6.07, 6.45) is 4.47. The standard InChI is InChI=1S/C23H29N3O4S/c1-31(28,29)26-16-13-22(30-21-8-4-3-7-20(21)26)23(27)24-17-18-9-11-19(12-10-18)25-14-5-2-6-15-25/h3-4,7-12,22H,2,5-6,13-17H2,1H3,(H,24,27)/t22-/m0/s1. The molecule has 2 aromatic carbocycles. The van der Waals surface area contributed by atoms with E-state index in [-0.39, 0.29) is 18.9 Å². The Bertz CT molecular complexity index is 1020. The summed E-state index contributed by atoms with van der Waals surface area (Å²) in [4.78, 5) is 15.2. The van der Waals surface area contributed by atoms with Gasteiger partial charge >= 0.3 is 0 Å². The van der Waals surface area contributed by atoms with Crippen LogP contribution in [0.3, 0.4) is 0 Å². The Morgan fingerprint density at radius 2 is 1.74 bits per heavy atom. The molecule has 2 heterocycles. The van der Waals surface area contributed by atoms with Crippen molar-refractivity contribution >= 4 is 27.3 Å². The van der Waals surface area contributed by atoms with E-state index in [9.17, 15) is 13.2 Å². The number of carbonyl (C=O) groups is 1. The third-order valence-electron chi connectivity index (χ3n) is 5.81. The van der Waals surface area contributed by atoms with Gasteiger partial charge in [0.25, 0.3) is 5.91 Å². The van der Waals surface area contributed by atoms with Crippen LogP contribution in [0, 0.1) is 0 Å². The minimum Gasteiger partial charge on any atom is -0.478 e. The van der Waals surface area contributed by atoms with E-state index in [1.54, 1.807) is 24.3 Å².